The van der Waals surface area contributed by atoms with E-state index >= 15 is 0 Å². The van der Waals surface area contributed by atoms with Crippen molar-refractivity contribution in [2.24, 2.45) is 5.92 Å². The Morgan fingerprint density at radius 1 is 1.08 bits per heavy atom. The maximum atomic E-state index is 11.4. The van der Waals surface area contributed by atoms with Gasteiger partial charge in [0.1, 0.15) is 0 Å². The van der Waals surface area contributed by atoms with Gasteiger partial charge in [0.2, 0.25) is 0 Å². The van der Waals surface area contributed by atoms with Crippen molar-refractivity contribution in [1.82, 2.24) is 4.90 Å². The van der Waals surface area contributed by atoms with Crippen LogP contribution in [0, 0.1) is 41.3 Å². The second-order valence-electron chi connectivity index (χ2n) is 3.63. The predicted molar refractivity (Wildman–Crippen MR) is 37.7 cm³/mol. The van der Waals surface area contributed by atoms with E-state index in [9.17, 15) is 19.2 Å². The molecule has 0 saturated carbocycles. The van der Waals surface area contributed by atoms with Gasteiger partial charge in [0.25, 0.3) is 0 Å². The van der Waals surface area contributed by atoms with Crippen LogP contribution in [0.2, 0.25) is 0 Å². The molecule has 2 aliphatic heterocycles. The van der Waals surface area contributed by atoms with Gasteiger partial charge >= 0.3 is 83.4 Å². The molecule has 0 unspecified atom stereocenters. The van der Waals surface area contributed by atoms with Crippen LogP contribution in [0.15, 0.2) is 0 Å². The van der Waals surface area contributed by atoms with Crippen LogP contribution in [-0.4, -0.2) is 16.0 Å². The van der Waals surface area contributed by atoms with E-state index in [1.54, 1.807) is 0 Å². The first-order chi connectivity index (χ1) is 5.95. The summed E-state index contributed by atoms with van der Waals surface area (Å²) in [6, 6.07) is 0. The number of imide groups is 1. The van der Waals surface area contributed by atoms with Gasteiger partial charge in [0.05, 0.1) is 0 Å². The summed E-state index contributed by atoms with van der Waals surface area (Å²) in [5, 5.41) is 0. The molecule has 0 radical (unpaired) electrons. The van der Waals surface area contributed by atoms with Gasteiger partial charge in [-0.2, -0.15) is 0 Å². The van der Waals surface area contributed by atoms with Gasteiger partial charge in [0.15, 0.2) is 0 Å². The molecule has 2 amide bonds. The van der Waals surface area contributed by atoms with Gasteiger partial charge in [0, 0.05) is 0 Å². The first-order valence-corrected chi connectivity index (χ1v) is 13.5. The molecule has 2 saturated heterocycles. The van der Waals surface area contributed by atoms with Gasteiger partial charge in [-0.1, -0.05) is 0 Å². The van der Waals surface area contributed by atoms with Crippen LogP contribution in [0.4, 0.5) is 9.59 Å². The molecule has 0 aromatic heterocycles. The van der Waals surface area contributed by atoms with Crippen LogP contribution in [0.1, 0.15) is 6.92 Å². The molecule has 13 heavy (non-hydrogen) atoms. The molecule has 6 heteroatoms. The molecule has 5 nitrogen and oxygen atoms in total. The first-order valence-electron chi connectivity index (χ1n) is 4.02. The zero-order valence-corrected chi connectivity index (χ0v) is 12.0. The zero-order valence-electron chi connectivity index (χ0n) is 7.23. The number of amides is 2. The number of hydrogen-bond donors (Lipinski definition) is 0. The molecule has 2 aliphatic rings. The minimum atomic E-state index is -4.53. The van der Waals surface area contributed by atoms with Crippen molar-refractivity contribution >= 4 is 4.10 Å². The molecule has 0 bridgehead atoms. The second-order valence-corrected chi connectivity index (χ2v) is 19.5. The molecule has 0 aromatic carbocycles. The fourth-order valence-corrected chi connectivity index (χ4v) is 19.5. The average molecular weight is 396 g/mol. The fourth-order valence-electron chi connectivity index (χ4n) is 2.15. The number of carbonyl (C=O) groups excluding carboxylic acids is 4. The van der Waals surface area contributed by atoms with Gasteiger partial charge < -0.3 is 0 Å². The van der Waals surface area contributed by atoms with E-state index < -0.39 is 43.4 Å². The Morgan fingerprint density at radius 3 is 1.85 bits per heavy atom. The summed E-state index contributed by atoms with van der Waals surface area (Å²) in [4.78, 5) is 46.2. The summed E-state index contributed by atoms with van der Waals surface area (Å²) in [6.45, 7) is 1.47. The van der Waals surface area contributed by atoms with Crippen molar-refractivity contribution in [2.75, 3.05) is 7.05 Å². The third kappa shape index (κ3) is 0.736. The molecule has 2 heterocycles. The third-order valence-corrected chi connectivity index (χ3v) is 23.5. The second kappa shape index (κ2) is 2.48. The summed E-state index contributed by atoms with van der Waals surface area (Å²) < 4.78 is -1.51. The summed E-state index contributed by atoms with van der Waals surface area (Å²) in [5.41, 5.74) is 0. The van der Waals surface area contributed by atoms with Crippen LogP contribution >= 0.6 is 0 Å². The van der Waals surface area contributed by atoms with Crippen molar-refractivity contribution in [1.29, 1.82) is 0 Å². The summed E-state index contributed by atoms with van der Waals surface area (Å²) in [5.74, 6) is -0.686. The van der Waals surface area contributed by atoms with Crippen molar-refractivity contribution in [3.8, 4) is 0 Å². The van der Waals surface area contributed by atoms with E-state index in [4.69, 9.17) is 0 Å². The van der Waals surface area contributed by atoms with Crippen LogP contribution < -0.4 is 0 Å². The summed E-state index contributed by atoms with van der Waals surface area (Å²) >= 11 is -4.53. The van der Waals surface area contributed by atoms with E-state index in [0.29, 0.717) is 0 Å². The molecule has 1 spiro atoms. The molecule has 2 rings (SSSR count). The summed E-state index contributed by atoms with van der Waals surface area (Å²) in [7, 11) is 1.32. The number of hydrogen-bond acceptors (Lipinski definition) is 4. The van der Waals surface area contributed by atoms with Gasteiger partial charge in [-0.3, -0.25) is 0 Å². The topological polar surface area (TPSA) is 71.5 Å². The number of carbonyl (C=O) groups is 4. The van der Waals surface area contributed by atoms with Gasteiger partial charge in [-0.05, 0) is 0 Å². The van der Waals surface area contributed by atoms with Crippen molar-refractivity contribution in [2.45, 2.75) is 6.92 Å². The van der Waals surface area contributed by atoms with E-state index in [2.05, 4.69) is 0 Å². The van der Waals surface area contributed by atoms with Crippen molar-refractivity contribution in [3.63, 3.8) is 0 Å². The van der Waals surface area contributed by atoms with E-state index in [1.807, 2.05) is 0 Å². The van der Waals surface area contributed by atoms with Crippen LogP contribution in [0.5, 0.6) is 0 Å². The third-order valence-electron chi connectivity index (χ3n) is 3.11. The van der Waals surface area contributed by atoms with Crippen LogP contribution in [-0.2, 0) is 9.59 Å². The monoisotopic (exact) mass is 396 g/mol. The van der Waals surface area contributed by atoms with Crippen molar-refractivity contribution < 1.29 is 54.5 Å². The Hall–Kier alpha value is -0.0784. The molecule has 0 N–H and O–H groups in total. The van der Waals surface area contributed by atoms with E-state index in [-0.39, 0.29) is 1.93 Å². The van der Waals surface area contributed by atoms with E-state index in [1.165, 1.54) is 14.0 Å². The molecule has 0 aromatic rings. The number of rotatable bonds is 0. The Bertz CT molecular complexity index is 303. The van der Waals surface area contributed by atoms with Gasteiger partial charge in [-0.15, -0.1) is 0 Å². The summed E-state index contributed by atoms with van der Waals surface area (Å²) in [6.07, 6.45) is 0. The zero-order chi connectivity index (χ0) is 9.96. The fraction of sp³-hybridized carbons (Fsp3) is 0.429. The molecule has 0 aliphatic carbocycles. The SMILES string of the molecule is CC1[C](=O)[Ac]2([C]1=O)[C](=O)N(C)[C]2=O. The van der Waals surface area contributed by atoms with Crippen LogP contribution in [0.25, 0.3) is 0 Å². The Kier molecular flexibility index (Phi) is 1.81. The number of nitrogens with zero attached hydrogens (tertiary/aromatic N) is 1. The average Bonchev–Trinajstić information content (AvgIpc) is 2.16. The molecular formula is C7H7AcNO4. The predicted octanol–water partition coefficient (Wildman–Crippen LogP) is 0.0311. The molecular weight excluding hydrogens is 389 g/mol. The van der Waals surface area contributed by atoms with Crippen LogP contribution in [0.3, 0.4) is 0 Å². The Balaban J connectivity index is 2.46. The minimum absolute atomic E-state index is 0.316. The van der Waals surface area contributed by atoms with Crippen molar-refractivity contribution in [3.05, 3.63) is 0 Å². The van der Waals surface area contributed by atoms with E-state index in [0.717, 1.165) is 4.90 Å². The standard InChI is InChI=1S/C4H4O2.C3H3NO2.Ac/c2*1-4(2-5)3-6;/h4H,1H3;1H3;. The molecule has 67 valence electrons. The molecule has 0 atom stereocenters. The Morgan fingerprint density at radius 2 is 1.46 bits per heavy atom. The maximum absolute atomic E-state index is 11.4. The first kappa shape index (κ1) is 9.48. The van der Waals surface area contributed by atoms with Gasteiger partial charge in [-0.25, -0.2) is 0 Å². The Labute approximate surface area is 82.4 Å². The quantitative estimate of drug-likeness (QED) is 0.542. The normalized spacial score (nSPS) is 26.5. The molecule has 2 fully saturated rings.